The summed E-state index contributed by atoms with van der Waals surface area (Å²) in [5.41, 5.74) is 2.90. The second kappa shape index (κ2) is 8.03. The Morgan fingerprint density at radius 1 is 0.677 bits per heavy atom. The van der Waals surface area contributed by atoms with Crippen LogP contribution in [0.2, 0.25) is 0 Å². The molecule has 4 nitrogen and oxygen atoms in total. The van der Waals surface area contributed by atoms with Crippen molar-refractivity contribution in [1.82, 2.24) is 0 Å². The first kappa shape index (κ1) is 19.6. The van der Waals surface area contributed by atoms with Crippen LogP contribution in [-0.2, 0) is 9.59 Å². The quantitative estimate of drug-likeness (QED) is 0.557. The number of hydrogen-bond acceptors (Lipinski definition) is 3. The largest absolute Gasteiger partial charge is 0.497 e. The Morgan fingerprint density at radius 3 is 1.55 bits per heavy atom. The van der Waals surface area contributed by atoms with E-state index in [1.165, 1.54) is 4.90 Å². The molecule has 4 atom stereocenters. The van der Waals surface area contributed by atoms with Crippen LogP contribution in [0.5, 0.6) is 5.75 Å². The second-order valence-electron chi connectivity index (χ2n) is 8.37. The normalized spacial score (nSPS) is 25.4. The molecule has 2 aliphatic rings. The summed E-state index contributed by atoms with van der Waals surface area (Å²) < 4.78 is 5.24. The Kier molecular flexibility index (Phi) is 5.06. The number of carbonyl (C=O) groups is 2. The minimum Gasteiger partial charge on any atom is -0.497 e. The molecule has 1 heterocycles. The molecule has 0 aromatic heterocycles. The highest BCUT2D eigenvalue weighted by Crippen LogP contribution is 2.53. The molecule has 5 rings (SSSR count). The molecule has 2 amide bonds. The number of benzene rings is 3. The van der Waals surface area contributed by atoms with E-state index in [1.807, 2.05) is 36.4 Å². The summed E-state index contributed by atoms with van der Waals surface area (Å²) in [6.45, 7) is 0. The smallest absolute Gasteiger partial charge is 0.238 e. The molecule has 0 unspecified atom stereocenters. The van der Waals surface area contributed by atoms with Gasteiger partial charge >= 0.3 is 0 Å². The van der Waals surface area contributed by atoms with Gasteiger partial charge in [0.05, 0.1) is 24.6 Å². The molecule has 31 heavy (non-hydrogen) atoms. The number of methoxy groups -OCH3 is 1. The van der Waals surface area contributed by atoms with Crippen molar-refractivity contribution in [3.05, 3.63) is 96.1 Å². The van der Waals surface area contributed by atoms with Crippen LogP contribution in [-0.4, -0.2) is 18.9 Å². The predicted molar refractivity (Wildman–Crippen MR) is 120 cm³/mol. The summed E-state index contributed by atoms with van der Waals surface area (Å²) in [5, 5.41) is 0. The standard InChI is InChI=1S/C27H25NO3/c1-31-21-14-12-20(13-15-21)28-26(29)24-22(18-8-4-2-5-9-18)16-17-23(25(24)27(28)30)19-10-6-3-7-11-19/h2-15,22-25H,16-17H2,1H3/t22-,23-,24-,25+/m0/s1. The SMILES string of the molecule is COc1ccc(N2C(=O)[C@@H]3[C@H](C2=O)[C@H](c2ccccc2)CC[C@H]3c2ccccc2)cc1. The molecule has 0 N–H and O–H groups in total. The maximum Gasteiger partial charge on any atom is 0.238 e. The third-order valence-electron chi connectivity index (χ3n) is 6.84. The Labute approximate surface area is 182 Å². The van der Waals surface area contributed by atoms with E-state index in [-0.39, 0.29) is 35.5 Å². The Morgan fingerprint density at radius 2 is 1.13 bits per heavy atom. The first-order valence-electron chi connectivity index (χ1n) is 10.8. The fourth-order valence-electron chi connectivity index (χ4n) is 5.41. The van der Waals surface area contributed by atoms with Crippen LogP contribution in [0.15, 0.2) is 84.9 Å². The first-order valence-corrected chi connectivity index (χ1v) is 10.8. The lowest BCUT2D eigenvalue weighted by atomic mass is 9.64. The topological polar surface area (TPSA) is 46.6 Å². The highest BCUT2D eigenvalue weighted by Gasteiger charge is 2.56. The predicted octanol–water partition coefficient (Wildman–Crippen LogP) is 5.16. The second-order valence-corrected chi connectivity index (χ2v) is 8.37. The average molecular weight is 412 g/mol. The molecule has 1 saturated heterocycles. The Hall–Kier alpha value is -3.40. The molecular weight excluding hydrogens is 386 g/mol. The van der Waals surface area contributed by atoms with Crippen LogP contribution < -0.4 is 9.64 Å². The molecule has 2 fully saturated rings. The van der Waals surface area contributed by atoms with Gasteiger partial charge in [0.2, 0.25) is 11.8 Å². The molecule has 1 aliphatic carbocycles. The van der Waals surface area contributed by atoms with E-state index in [9.17, 15) is 9.59 Å². The van der Waals surface area contributed by atoms with Gasteiger partial charge < -0.3 is 4.74 Å². The van der Waals surface area contributed by atoms with Gasteiger partial charge in [-0.1, -0.05) is 60.7 Å². The van der Waals surface area contributed by atoms with E-state index in [4.69, 9.17) is 4.74 Å². The third-order valence-corrected chi connectivity index (χ3v) is 6.84. The van der Waals surface area contributed by atoms with Crippen molar-refractivity contribution in [1.29, 1.82) is 0 Å². The third kappa shape index (κ3) is 3.32. The van der Waals surface area contributed by atoms with Gasteiger partial charge in [0, 0.05) is 0 Å². The zero-order chi connectivity index (χ0) is 21.4. The highest BCUT2D eigenvalue weighted by atomic mass is 16.5. The van der Waals surface area contributed by atoms with Crippen molar-refractivity contribution in [3.8, 4) is 5.75 Å². The van der Waals surface area contributed by atoms with Gasteiger partial charge in [-0.3, -0.25) is 14.5 Å². The first-order chi connectivity index (χ1) is 15.2. The minimum absolute atomic E-state index is 0.0471. The zero-order valence-corrected chi connectivity index (χ0v) is 17.5. The molecule has 0 radical (unpaired) electrons. The maximum absolute atomic E-state index is 13.7. The fourth-order valence-corrected chi connectivity index (χ4v) is 5.41. The van der Waals surface area contributed by atoms with Gasteiger partial charge in [-0.25, -0.2) is 0 Å². The van der Waals surface area contributed by atoms with Crippen LogP contribution in [0.3, 0.4) is 0 Å². The molecule has 0 spiro atoms. The molecule has 3 aromatic rings. The summed E-state index contributed by atoms with van der Waals surface area (Å²) in [6, 6.07) is 27.5. The number of amides is 2. The van der Waals surface area contributed by atoms with Crippen LogP contribution in [0.4, 0.5) is 5.69 Å². The number of hydrogen-bond donors (Lipinski definition) is 0. The van der Waals surface area contributed by atoms with Crippen molar-refractivity contribution in [2.75, 3.05) is 12.0 Å². The van der Waals surface area contributed by atoms with E-state index >= 15 is 0 Å². The summed E-state index contributed by atoms with van der Waals surface area (Å²) >= 11 is 0. The lowest BCUT2D eigenvalue weighted by molar-refractivity contribution is -0.122. The van der Waals surface area contributed by atoms with Crippen molar-refractivity contribution in [3.63, 3.8) is 0 Å². The molecule has 0 bridgehead atoms. The van der Waals surface area contributed by atoms with Crippen molar-refractivity contribution < 1.29 is 14.3 Å². The van der Waals surface area contributed by atoms with Crippen LogP contribution in [0.25, 0.3) is 0 Å². The van der Waals surface area contributed by atoms with Crippen molar-refractivity contribution >= 4 is 17.5 Å². The van der Waals surface area contributed by atoms with E-state index in [0.717, 1.165) is 24.0 Å². The van der Waals surface area contributed by atoms with Crippen LogP contribution >= 0.6 is 0 Å². The molecule has 4 heteroatoms. The monoisotopic (exact) mass is 411 g/mol. The number of ether oxygens (including phenoxy) is 1. The minimum atomic E-state index is -0.351. The average Bonchev–Trinajstić information content (AvgIpc) is 3.10. The van der Waals surface area contributed by atoms with E-state index < -0.39 is 0 Å². The number of rotatable bonds is 4. The zero-order valence-electron chi connectivity index (χ0n) is 17.5. The summed E-state index contributed by atoms with van der Waals surface area (Å²) in [6.07, 6.45) is 1.78. The Bertz CT molecular complexity index is 1010. The van der Waals surface area contributed by atoms with E-state index in [0.29, 0.717) is 11.4 Å². The number of nitrogens with zero attached hydrogens (tertiary/aromatic N) is 1. The number of fused-ring (bicyclic) bond motifs is 1. The van der Waals surface area contributed by atoms with Gasteiger partial charge in [-0.15, -0.1) is 0 Å². The maximum atomic E-state index is 13.7. The van der Waals surface area contributed by atoms with E-state index in [2.05, 4.69) is 24.3 Å². The summed E-state index contributed by atoms with van der Waals surface area (Å²) in [4.78, 5) is 28.9. The molecular formula is C27H25NO3. The number of anilines is 1. The molecule has 1 aliphatic heterocycles. The van der Waals surface area contributed by atoms with Crippen molar-refractivity contribution in [2.45, 2.75) is 24.7 Å². The lowest BCUT2D eigenvalue weighted by Crippen LogP contribution is -2.34. The van der Waals surface area contributed by atoms with Gasteiger partial charge in [-0.05, 0) is 60.1 Å². The van der Waals surface area contributed by atoms with Crippen LogP contribution in [0.1, 0.15) is 35.8 Å². The van der Waals surface area contributed by atoms with Crippen LogP contribution in [0, 0.1) is 11.8 Å². The number of imide groups is 1. The number of carbonyl (C=O) groups excluding carboxylic acids is 2. The van der Waals surface area contributed by atoms with Gasteiger partial charge in [0.25, 0.3) is 0 Å². The van der Waals surface area contributed by atoms with Gasteiger partial charge in [0.1, 0.15) is 5.75 Å². The van der Waals surface area contributed by atoms with Gasteiger partial charge in [-0.2, -0.15) is 0 Å². The summed E-state index contributed by atoms with van der Waals surface area (Å²) in [7, 11) is 1.60. The molecule has 1 saturated carbocycles. The Balaban J connectivity index is 1.58. The van der Waals surface area contributed by atoms with Crippen molar-refractivity contribution in [2.24, 2.45) is 11.8 Å². The van der Waals surface area contributed by atoms with Gasteiger partial charge in [0.15, 0.2) is 0 Å². The molecule has 156 valence electrons. The summed E-state index contributed by atoms with van der Waals surface area (Å²) in [5.74, 6) is -0.0856. The van der Waals surface area contributed by atoms with E-state index in [1.54, 1.807) is 31.4 Å². The lowest BCUT2D eigenvalue weighted by Gasteiger charge is -2.37. The highest BCUT2D eigenvalue weighted by molar-refractivity contribution is 6.22. The molecule has 3 aromatic carbocycles. The fraction of sp³-hybridized carbons (Fsp3) is 0.259.